The van der Waals surface area contributed by atoms with Gasteiger partial charge in [0.15, 0.2) is 4.80 Å². The highest BCUT2D eigenvalue weighted by Crippen LogP contribution is 2.31. The molecule has 1 atom stereocenters. The fourth-order valence-corrected chi connectivity index (χ4v) is 4.98. The van der Waals surface area contributed by atoms with Crippen LogP contribution < -0.4 is 24.4 Å². The number of nitrogens with zero attached hydrogens (tertiary/aromatic N) is 2. The van der Waals surface area contributed by atoms with Crippen LogP contribution >= 0.6 is 11.3 Å². The van der Waals surface area contributed by atoms with Crippen LogP contribution in [-0.4, -0.2) is 30.4 Å². The molecule has 36 heavy (non-hydrogen) atoms. The number of methoxy groups -OCH3 is 1. The second kappa shape index (κ2) is 10.8. The average Bonchev–Trinajstić information content (AvgIpc) is 3.16. The number of rotatable bonds is 8. The van der Waals surface area contributed by atoms with E-state index in [4.69, 9.17) is 14.2 Å². The lowest BCUT2D eigenvalue weighted by atomic mass is 9.96. The molecule has 0 saturated heterocycles. The summed E-state index contributed by atoms with van der Waals surface area (Å²) in [7, 11) is 1.59. The van der Waals surface area contributed by atoms with Gasteiger partial charge in [-0.25, -0.2) is 9.79 Å². The van der Waals surface area contributed by atoms with Crippen LogP contribution in [0.4, 0.5) is 0 Å². The first-order valence-corrected chi connectivity index (χ1v) is 12.3. The van der Waals surface area contributed by atoms with Gasteiger partial charge in [-0.05, 0) is 62.2 Å². The Balaban J connectivity index is 1.84. The van der Waals surface area contributed by atoms with Crippen LogP contribution in [0.15, 0.2) is 82.2 Å². The highest BCUT2D eigenvalue weighted by molar-refractivity contribution is 7.07. The number of hydrogen-bond acceptors (Lipinski definition) is 7. The van der Waals surface area contributed by atoms with Gasteiger partial charge in [-0.2, -0.15) is 0 Å². The molecule has 1 aliphatic heterocycles. The summed E-state index contributed by atoms with van der Waals surface area (Å²) < 4.78 is 18.4. The minimum Gasteiger partial charge on any atom is -0.497 e. The van der Waals surface area contributed by atoms with E-state index in [9.17, 15) is 9.59 Å². The molecule has 1 unspecified atom stereocenters. The highest BCUT2D eigenvalue weighted by Gasteiger charge is 2.33. The standard InChI is InChI=1S/C28H28N2O5S/c1-6-15-34-22-11-7-19(8-12-22)16-23-26(31)30-25(20-9-13-21(33-5)14-10-20)24(27(32)35-17(2)3)18(4)29-28(30)36-23/h6-14,16-17,25H,1,15H2,2-5H3/b23-16+. The Morgan fingerprint density at radius 3 is 2.42 bits per heavy atom. The minimum atomic E-state index is -0.671. The molecule has 0 saturated carbocycles. The molecule has 2 heterocycles. The second-order valence-electron chi connectivity index (χ2n) is 8.48. The molecule has 0 spiro atoms. The lowest BCUT2D eigenvalue weighted by Crippen LogP contribution is -2.40. The largest absolute Gasteiger partial charge is 0.497 e. The number of aromatic nitrogens is 1. The molecule has 0 radical (unpaired) electrons. The lowest BCUT2D eigenvalue weighted by Gasteiger charge is -2.25. The van der Waals surface area contributed by atoms with Crippen molar-refractivity contribution in [2.75, 3.05) is 13.7 Å². The topological polar surface area (TPSA) is 79.1 Å². The monoisotopic (exact) mass is 504 g/mol. The van der Waals surface area contributed by atoms with Crippen molar-refractivity contribution in [1.82, 2.24) is 4.57 Å². The smallest absolute Gasteiger partial charge is 0.338 e. The van der Waals surface area contributed by atoms with Gasteiger partial charge in [0.1, 0.15) is 18.1 Å². The first-order valence-electron chi connectivity index (χ1n) is 11.5. The third-order valence-electron chi connectivity index (χ3n) is 5.56. The zero-order valence-corrected chi connectivity index (χ0v) is 21.5. The molecule has 0 aliphatic carbocycles. The molecule has 4 rings (SSSR count). The van der Waals surface area contributed by atoms with Gasteiger partial charge in [0.2, 0.25) is 0 Å². The van der Waals surface area contributed by atoms with Gasteiger partial charge in [0, 0.05) is 0 Å². The predicted octanol–water partition coefficient (Wildman–Crippen LogP) is 3.76. The van der Waals surface area contributed by atoms with Crippen molar-refractivity contribution in [2.24, 2.45) is 4.99 Å². The summed E-state index contributed by atoms with van der Waals surface area (Å²) in [6, 6.07) is 14.1. The number of carbonyl (C=O) groups is 1. The van der Waals surface area contributed by atoms with Crippen LogP contribution in [0.25, 0.3) is 6.08 Å². The first-order chi connectivity index (χ1) is 17.3. The highest BCUT2D eigenvalue weighted by atomic mass is 32.1. The molecule has 2 aromatic carbocycles. The van der Waals surface area contributed by atoms with Gasteiger partial charge in [-0.15, -0.1) is 0 Å². The molecule has 3 aromatic rings. The van der Waals surface area contributed by atoms with Crippen molar-refractivity contribution in [3.63, 3.8) is 0 Å². The normalized spacial score (nSPS) is 15.4. The summed E-state index contributed by atoms with van der Waals surface area (Å²) in [5, 5.41) is 0. The quantitative estimate of drug-likeness (QED) is 0.345. The van der Waals surface area contributed by atoms with Crippen LogP contribution in [-0.2, 0) is 9.53 Å². The van der Waals surface area contributed by atoms with E-state index in [1.807, 2.05) is 54.6 Å². The third-order valence-corrected chi connectivity index (χ3v) is 6.54. The van der Waals surface area contributed by atoms with Crippen LogP contribution in [0.2, 0.25) is 0 Å². The first kappa shape index (κ1) is 25.2. The molecule has 186 valence electrons. The minimum absolute atomic E-state index is 0.228. The molecule has 0 fully saturated rings. The fraction of sp³-hybridized carbons (Fsp3) is 0.250. The molecule has 7 nitrogen and oxygen atoms in total. The van der Waals surface area contributed by atoms with Crippen LogP contribution in [0.3, 0.4) is 0 Å². The van der Waals surface area contributed by atoms with Gasteiger partial charge in [-0.1, -0.05) is 48.3 Å². The molecule has 1 aliphatic rings. The van der Waals surface area contributed by atoms with Crippen molar-refractivity contribution in [3.8, 4) is 11.5 Å². The molecule has 1 aromatic heterocycles. The van der Waals surface area contributed by atoms with Gasteiger partial charge in [0.25, 0.3) is 5.56 Å². The van der Waals surface area contributed by atoms with E-state index in [0.717, 1.165) is 16.9 Å². The van der Waals surface area contributed by atoms with E-state index in [0.29, 0.717) is 33.0 Å². The number of allylic oxidation sites excluding steroid dienone is 1. The number of carbonyl (C=O) groups excluding carboxylic acids is 1. The molecular weight excluding hydrogens is 476 g/mol. The van der Waals surface area contributed by atoms with Crippen molar-refractivity contribution in [2.45, 2.75) is 32.9 Å². The number of hydrogen-bond donors (Lipinski definition) is 0. The SMILES string of the molecule is C=CCOc1ccc(/C=c2/sc3n(c2=O)C(c2ccc(OC)cc2)C(C(=O)OC(C)C)=C(C)N=3)cc1. The summed E-state index contributed by atoms with van der Waals surface area (Å²) in [4.78, 5) is 32.0. The van der Waals surface area contributed by atoms with E-state index in [1.165, 1.54) is 11.3 Å². The fourth-order valence-electron chi connectivity index (χ4n) is 3.93. The summed E-state index contributed by atoms with van der Waals surface area (Å²) in [6.45, 7) is 9.42. The number of ether oxygens (including phenoxy) is 3. The van der Waals surface area contributed by atoms with Crippen LogP contribution in [0.5, 0.6) is 11.5 Å². The lowest BCUT2D eigenvalue weighted by molar-refractivity contribution is -0.143. The number of fused-ring (bicyclic) bond motifs is 1. The maximum absolute atomic E-state index is 13.7. The Morgan fingerprint density at radius 2 is 1.81 bits per heavy atom. The van der Waals surface area contributed by atoms with Crippen molar-refractivity contribution in [1.29, 1.82) is 0 Å². The number of thiazole rings is 1. The molecule has 0 N–H and O–H groups in total. The zero-order valence-electron chi connectivity index (χ0n) is 20.7. The predicted molar refractivity (Wildman–Crippen MR) is 140 cm³/mol. The average molecular weight is 505 g/mol. The Kier molecular flexibility index (Phi) is 7.55. The maximum atomic E-state index is 13.7. The Morgan fingerprint density at radius 1 is 1.14 bits per heavy atom. The van der Waals surface area contributed by atoms with Gasteiger partial charge >= 0.3 is 5.97 Å². The summed E-state index contributed by atoms with van der Waals surface area (Å²) in [6.07, 6.45) is 3.19. The molecule has 0 amide bonds. The third kappa shape index (κ3) is 5.18. The zero-order chi connectivity index (χ0) is 25.8. The van der Waals surface area contributed by atoms with Gasteiger partial charge in [0.05, 0.1) is 35.1 Å². The maximum Gasteiger partial charge on any atom is 0.338 e. The Hall–Kier alpha value is -3.91. The van der Waals surface area contributed by atoms with Crippen molar-refractivity contribution in [3.05, 3.63) is 103 Å². The van der Waals surface area contributed by atoms with E-state index >= 15 is 0 Å². The van der Waals surface area contributed by atoms with E-state index < -0.39 is 12.0 Å². The summed E-state index contributed by atoms with van der Waals surface area (Å²) in [5.74, 6) is 0.909. The summed E-state index contributed by atoms with van der Waals surface area (Å²) >= 11 is 1.29. The van der Waals surface area contributed by atoms with E-state index in [1.54, 1.807) is 38.5 Å². The van der Waals surface area contributed by atoms with E-state index in [2.05, 4.69) is 11.6 Å². The second-order valence-corrected chi connectivity index (χ2v) is 9.49. The van der Waals surface area contributed by atoms with Crippen LogP contribution in [0.1, 0.15) is 37.9 Å². The number of benzene rings is 2. The van der Waals surface area contributed by atoms with Gasteiger partial charge in [-0.3, -0.25) is 9.36 Å². The van der Waals surface area contributed by atoms with E-state index in [-0.39, 0.29) is 11.7 Å². The number of esters is 1. The summed E-state index contributed by atoms with van der Waals surface area (Å²) in [5.41, 5.74) is 2.25. The Labute approximate surface area is 213 Å². The Bertz CT molecular complexity index is 1480. The van der Waals surface area contributed by atoms with Crippen LogP contribution in [0, 0.1) is 0 Å². The molecule has 0 bridgehead atoms. The molecular formula is C28H28N2O5S. The molecule has 8 heteroatoms. The van der Waals surface area contributed by atoms with Gasteiger partial charge < -0.3 is 14.2 Å². The van der Waals surface area contributed by atoms with Crippen molar-refractivity contribution >= 4 is 23.4 Å². The van der Waals surface area contributed by atoms with Crippen molar-refractivity contribution < 1.29 is 19.0 Å².